The van der Waals surface area contributed by atoms with Crippen molar-refractivity contribution in [2.75, 3.05) is 10.8 Å². The molecule has 1 aliphatic rings. The van der Waals surface area contributed by atoms with Crippen LogP contribution in [-0.4, -0.2) is 16.9 Å². The van der Waals surface area contributed by atoms with Gasteiger partial charge in [-0.05, 0) is 35.2 Å². The van der Waals surface area contributed by atoms with Gasteiger partial charge in [0.2, 0.25) is 0 Å². The molecule has 5 heteroatoms. The zero-order chi connectivity index (χ0) is 12.4. The fourth-order valence-corrected chi connectivity index (χ4v) is 3.74. The molecule has 1 saturated carbocycles. The first kappa shape index (κ1) is 12.5. The standard InChI is InChI=1S/C13H15ClN2S2/c14-5-3-11-9-18-13(15-11)16(12-1-2-12)7-10-4-6-17-8-10/h4,6,8-9,12H,1-3,5,7H2. The number of thiophene rings is 1. The zero-order valence-electron chi connectivity index (χ0n) is 10.0. The third-order valence-electron chi connectivity index (χ3n) is 3.06. The van der Waals surface area contributed by atoms with Crippen molar-refractivity contribution in [3.8, 4) is 0 Å². The second-order valence-corrected chi connectivity index (χ2v) is 6.55. The fraction of sp³-hybridized carbons (Fsp3) is 0.462. The molecule has 18 heavy (non-hydrogen) atoms. The number of aromatic nitrogens is 1. The molecule has 0 unspecified atom stereocenters. The SMILES string of the molecule is ClCCc1csc(N(Cc2ccsc2)C2CC2)n1. The first-order valence-electron chi connectivity index (χ1n) is 6.15. The Kier molecular flexibility index (Phi) is 3.87. The highest BCUT2D eigenvalue weighted by molar-refractivity contribution is 7.13. The first-order chi connectivity index (χ1) is 8.86. The molecule has 3 rings (SSSR count). The molecular weight excluding hydrogens is 284 g/mol. The van der Waals surface area contributed by atoms with Crippen molar-refractivity contribution in [2.24, 2.45) is 0 Å². The fourth-order valence-electron chi connectivity index (χ4n) is 1.96. The van der Waals surface area contributed by atoms with Crippen molar-refractivity contribution in [1.29, 1.82) is 0 Å². The van der Waals surface area contributed by atoms with Crippen molar-refractivity contribution in [2.45, 2.75) is 31.8 Å². The summed E-state index contributed by atoms with van der Waals surface area (Å²) in [5.74, 6) is 0.650. The Labute approximate surface area is 120 Å². The quantitative estimate of drug-likeness (QED) is 0.745. The largest absolute Gasteiger partial charge is 0.341 e. The van der Waals surface area contributed by atoms with Gasteiger partial charge in [0, 0.05) is 30.3 Å². The average Bonchev–Trinajstić information content (AvgIpc) is 2.89. The van der Waals surface area contributed by atoms with Crippen LogP contribution in [0, 0.1) is 0 Å². The molecule has 0 saturated heterocycles. The van der Waals surface area contributed by atoms with Crippen LogP contribution in [0.2, 0.25) is 0 Å². The van der Waals surface area contributed by atoms with E-state index in [4.69, 9.17) is 16.6 Å². The molecule has 0 aromatic carbocycles. The minimum absolute atomic E-state index is 0.650. The van der Waals surface area contributed by atoms with E-state index in [1.807, 2.05) is 0 Å². The second-order valence-electron chi connectivity index (χ2n) is 4.55. The monoisotopic (exact) mass is 298 g/mol. The molecule has 1 fully saturated rings. The maximum Gasteiger partial charge on any atom is 0.186 e. The van der Waals surface area contributed by atoms with Crippen molar-refractivity contribution in [1.82, 2.24) is 4.98 Å². The summed E-state index contributed by atoms with van der Waals surface area (Å²) in [5.41, 5.74) is 2.52. The molecule has 0 atom stereocenters. The predicted molar refractivity (Wildman–Crippen MR) is 80.1 cm³/mol. The van der Waals surface area contributed by atoms with Crippen molar-refractivity contribution < 1.29 is 0 Å². The van der Waals surface area contributed by atoms with Crippen LogP contribution in [0.1, 0.15) is 24.1 Å². The Morgan fingerprint density at radius 3 is 2.94 bits per heavy atom. The summed E-state index contributed by atoms with van der Waals surface area (Å²) in [7, 11) is 0. The highest BCUT2D eigenvalue weighted by Crippen LogP contribution is 2.35. The average molecular weight is 299 g/mol. The minimum Gasteiger partial charge on any atom is -0.341 e. The molecule has 96 valence electrons. The van der Waals surface area contributed by atoms with Gasteiger partial charge in [0.05, 0.1) is 5.69 Å². The number of halogens is 1. The van der Waals surface area contributed by atoms with E-state index in [0.717, 1.165) is 23.8 Å². The van der Waals surface area contributed by atoms with E-state index in [2.05, 4.69) is 27.1 Å². The number of nitrogens with zero attached hydrogens (tertiary/aromatic N) is 2. The molecule has 2 heterocycles. The van der Waals surface area contributed by atoms with Crippen LogP contribution >= 0.6 is 34.3 Å². The van der Waals surface area contributed by atoms with Crippen LogP contribution in [0.5, 0.6) is 0 Å². The molecule has 2 aromatic rings. The molecular formula is C13H15ClN2S2. The van der Waals surface area contributed by atoms with Gasteiger partial charge in [0.15, 0.2) is 5.13 Å². The summed E-state index contributed by atoms with van der Waals surface area (Å²) in [6, 6.07) is 2.90. The second kappa shape index (κ2) is 5.59. The van der Waals surface area contributed by atoms with Crippen LogP contribution in [0.4, 0.5) is 5.13 Å². The van der Waals surface area contributed by atoms with E-state index in [9.17, 15) is 0 Å². The van der Waals surface area contributed by atoms with Crippen molar-refractivity contribution >= 4 is 39.4 Å². The van der Waals surface area contributed by atoms with Crippen LogP contribution in [0.25, 0.3) is 0 Å². The summed E-state index contributed by atoms with van der Waals surface area (Å²) in [4.78, 5) is 7.15. The Hall–Kier alpha value is -0.580. The van der Waals surface area contributed by atoms with E-state index in [-0.39, 0.29) is 0 Å². The van der Waals surface area contributed by atoms with Gasteiger partial charge in [-0.3, -0.25) is 0 Å². The molecule has 2 aromatic heterocycles. The molecule has 0 bridgehead atoms. The van der Waals surface area contributed by atoms with Crippen LogP contribution in [0.15, 0.2) is 22.2 Å². The summed E-state index contributed by atoms with van der Waals surface area (Å²) < 4.78 is 0. The molecule has 0 amide bonds. The molecule has 2 nitrogen and oxygen atoms in total. The highest BCUT2D eigenvalue weighted by Gasteiger charge is 2.31. The van der Waals surface area contributed by atoms with Gasteiger partial charge < -0.3 is 4.90 Å². The van der Waals surface area contributed by atoms with Gasteiger partial charge in [-0.2, -0.15) is 11.3 Å². The van der Waals surface area contributed by atoms with Crippen LogP contribution < -0.4 is 4.90 Å². The van der Waals surface area contributed by atoms with Crippen molar-refractivity contribution in [3.05, 3.63) is 33.5 Å². The lowest BCUT2D eigenvalue weighted by Crippen LogP contribution is -2.24. The third-order valence-corrected chi connectivity index (χ3v) is 4.90. The Bertz CT molecular complexity index is 491. The van der Waals surface area contributed by atoms with E-state index < -0.39 is 0 Å². The first-order valence-corrected chi connectivity index (χ1v) is 8.50. The van der Waals surface area contributed by atoms with Gasteiger partial charge >= 0.3 is 0 Å². The van der Waals surface area contributed by atoms with Crippen LogP contribution in [-0.2, 0) is 13.0 Å². The number of rotatable bonds is 6. The maximum atomic E-state index is 5.77. The van der Waals surface area contributed by atoms with Gasteiger partial charge in [-0.1, -0.05) is 0 Å². The normalized spacial score (nSPS) is 14.9. The number of aryl methyl sites for hydroxylation is 1. The van der Waals surface area contributed by atoms with Crippen LogP contribution in [0.3, 0.4) is 0 Å². The smallest absolute Gasteiger partial charge is 0.186 e. The molecule has 0 spiro atoms. The summed E-state index contributed by atoms with van der Waals surface area (Å²) in [6.45, 7) is 0.988. The topological polar surface area (TPSA) is 16.1 Å². The van der Waals surface area contributed by atoms with E-state index in [1.54, 1.807) is 22.7 Å². The van der Waals surface area contributed by atoms with E-state index in [1.165, 1.54) is 18.4 Å². The van der Waals surface area contributed by atoms with E-state index >= 15 is 0 Å². The Morgan fingerprint density at radius 1 is 1.39 bits per heavy atom. The van der Waals surface area contributed by atoms with E-state index in [0.29, 0.717) is 11.9 Å². The highest BCUT2D eigenvalue weighted by atomic mass is 35.5. The summed E-state index contributed by atoms with van der Waals surface area (Å²) in [6.07, 6.45) is 3.47. The summed E-state index contributed by atoms with van der Waals surface area (Å²) in [5, 5.41) is 7.66. The molecule has 0 radical (unpaired) electrons. The number of alkyl halides is 1. The molecule has 0 aliphatic heterocycles. The number of anilines is 1. The summed E-state index contributed by atoms with van der Waals surface area (Å²) >= 11 is 9.28. The Balaban J connectivity index is 1.76. The number of hydrogen-bond acceptors (Lipinski definition) is 4. The Morgan fingerprint density at radius 2 is 2.28 bits per heavy atom. The maximum absolute atomic E-state index is 5.77. The van der Waals surface area contributed by atoms with Gasteiger partial charge in [-0.15, -0.1) is 22.9 Å². The number of thiazole rings is 1. The van der Waals surface area contributed by atoms with Crippen molar-refractivity contribution in [3.63, 3.8) is 0 Å². The molecule has 1 aliphatic carbocycles. The van der Waals surface area contributed by atoms with Gasteiger partial charge in [-0.25, -0.2) is 4.98 Å². The minimum atomic E-state index is 0.650. The predicted octanol–water partition coefficient (Wildman–Crippen LogP) is 4.15. The lowest BCUT2D eigenvalue weighted by Gasteiger charge is -2.20. The number of hydrogen-bond donors (Lipinski definition) is 0. The van der Waals surface area contributed by atoms with Gasteiger partial charge in [0.1, 0.15) is 0 Å². The lowest BCUT2D eigenvalue weighted by atomic mass is 10.3. The molecule has 0 N–H and O–H groups in total. The lowest BCUT2D eigenvalue weighted by molar-refractivity contribution is 0.788. The van der Waals surface area contributed by atoms with Gasteiger partial charge in [0.25, 0.3) is 0 Å². The third kappa shape index (κ3) is 2.87. The zero-order valence-corrected chi connectivity index (χ0v) is 12.4.